The Balaban J connectivity index is 2.57. The predicted molar refractivity (Wildman–Crippen MR) is 89.5 cm³/mol. The van der Waals surface area contributed by atoms with Crippen LogP contribution in [-0.4, -0.2) is 30.4 Å². The van der Waals surface area contributed by atoms with E-state index in [1.54, 1.807) is 31.2 Å². The van der Waals surface area contributed by atoms with E-state index >= 15 is 0 Å². The number of ether oxygens (including phenoxy) is 1. The second kappa shape index (κ2) is 9.64. The van der Waals surface area contributed by atoms with Crippen molar-refractivity contribution in [2.75, 3.05) is 5.32 Å². The molecular weight excluding hydrogens is 312 g/mol. The number of carbonyl (C=O) groups excluding carboxylic acids is 3. The first-order valence-electron chi connectivity index (χ1n) is 7.60. The summed E-state index contributed by atoms with van der Waals surface area (Å²) in [6.07, 6.45) is 0. The van der Waals surface area contributed by atoms with Crippen molar-refractivity contribution in [1.29, 1.82) is 0 Å². The van der Waals surface area contributed by atoms with E-state index in [1.807, 2.05) is 13.8 Å². The average Bonchev–Trinajstić information content (AvgIpc) is 2.54. The van der Waals surface area contributed by atoms with E-state index in [-0.39, 0.29) is 24.3 Å². The van der Waals surface area contributed by atoms with E-state index in [0.717, 1.165) is 5.56 Å². The Morgan fingerprint density at radius 2 is 1.79 bits per heavy atom. The molecule has 0 aliphatic carbocycles. The summed E-state index contributed by atoms with van der Waals surface area (Å²) >= 11 is 0. The molecule has 2 amide bonds. The van der Waals surface area contributed by atoms with Gasteiger partial charge in [-0.3, -0.25) is 20.2 Å². The van der Waals surface area contributed by atoms with Crippen LogP contribution in [-0.2, 0) is 25.7 Å². The largest absolute Gasteiger partial charge is 0.463 e. The molecule has 1 rings (SSSR count). The van der Waals surface area contributed by atoms with Crippen molar-refractivity contribution in [3.63, 3.8) is 0 Å². The second-order valence-electron chi connectivity index (χ2n) is 5.71. The summed E-state index contributed by atoms with van der Waals surface area (Å²) in [7, 11) is 0. The first-order valence-corrected chi connectivity index (χ1v) is 7.60. The molecule has 0 saturated carbocycles. The van der Waals surface area contributed by atoms with Crippen LogP contribution in [0, 0.1) is 5.92 Å². The lowest BCUT2D eigenvalue weighted by Crippen LogP contribution is -2.54. The van der Waals surface area contributed by atoms with Crippen LogP contribution in [0.25, 0.3) is 0 Å². The minimum atomic E-state index is -0.717. The SMILES string of the molecule is CC(NC(=O)C(NN)C(C)C)C(=O)Nc1ccc(COC=O)cc1. The van der Waals surface area contributed by atoms with Crippen LogP contribution in [0.4, 0.5) is 5.69 Å². The van der Waals surface area contributed by atoms with Crippen LogP contribution in [0.1, 0.15) is 26.3 Å². The summed E-state index contributed by atoms with van der Waals surface area (Å²) in [5, 5.41) is 5.32. The minimum absolute atomic E-state index is 0.00797. The highest BCUT2D eigenvalue weighted by Crippen LogP contribution is 2.11. The maximum absolute atomic E-state index is 12.1. The number of hydrazine groups is 1. The molecule has 0 aromatic heterocycles. The highest BCUT2D eigenvalue weighted by molar-refractivity contribution is 5.97. The Morgan fingerprint density at radius 1 is 1.17 bits per heavy atom. The minimum Gasteiger partial charge on any atom is -0.463 e. The van der Waals surface area contributed by atoms with Gasteiger partial charge in [-0.2, -0.15) is 0 Å². The van der Waals surface area contributed by atoms with Crippen molar-refractivity contribution in [1.82, 2.24) is 10.7 Å². The highest BCUT2D eigenvalue weighted by Gasteiger charge is 2.24. The summed E-state index contributed by atoms with van der Waals surface area (Å²) in [4.78, 5) is 34.3. The monoisotopic (exact) mass is 336 g/mol. The van der Waals surface area contributed by atoms with Crippen molar-refractivity contribution in [3.05, 3.63) is 29.8 Å². The fourth-order valence-electron chi connectivity index (χ4n) is 2.00. The van der Waals surface area contributed by atoms with Gasteiger partial charge in [-0.25, -0.2) is 5.43 Å². The van der Waals surface area contributed by atoms with Gasteiger partial charge in [0, 0.05) is 5.69 Å². The van der Waals surface area contributed by atoms with Crippen molar-refractivity contribution in [2.45, 2.75) is 39.5 Å². The molecule has 8 heteroatoms. The van der Waals surface area contributed by atoms with E-state index in [2.05, 4.69) is 20.8 Å². The van der Waals surface area contributed by atoms with Gasteiger partial charge in [-0.05, 0) is 30.5 Å². The number of nitrogens with one attached hydrogen (secondary N) is 3. The van der Waals surface area contributed by atoms with Gasteiger partial charge in [0.25, 0.3) is 6.47 Å². The van der Waals surface area contributed by atoms with Crippen LogP contribution in [0.2, 0.25) is 0 Å². The van der Waals surface area contributed by atoms with E-state index in [4.69, 9.17) is 5.84 Å². The van der Waals surface area contributed by atoms with Crippen molar-refractivity contribution in [2.24, 2.45) is 11.8 Å². The summed E-state index contributed by atoms with van der Waals surface area (Å²) in [5.41, 5.74) is 3.82. The van der Waals surface area contributed by atoms with E-state index in [9.17, 15) is 14.4 Å². The zero-order valence-electron chi connectivity index (χ0n) is 14.0. The van der Waals surface area contributed by atoms with Gasteiger partial charge < -0.3 is 15.4 Å². The number of carbonyl (C=O) groups is 3. The topological polar surface area (TPSA) is 123 Å². The van der Waals surface area contributed by atoms with Gasteiger partial charge in [0.05, 0.1) is 0 Å². The van der Waals surface area contributed by atoms with Gasteiger partial charge in [0.1, 0.15) is 18.7 Å². The van der Waals surface area contributed by atoms with Gasteiger partial charge >= 0.3 is 0 Å². The number of hydrogen-bond donors (Lipinski definition) is 4. The molecule has 0 spiro atoms. The fourth-order valence-corrected chi connectivity index (χ4v) is 2.00. The molecule has 24 heavy (non-hydrogen) atoms. The van der Waals surface area contributed by atoms with Crippen LogP contribution in [0.5, 0.6) is 0 Å². The normalized spacial score (nSPS) is 13.0. The van der Waals surface area contributed by atoms with Crippen LogP contribution >= 0.6 is 0 Å². The quantitative estimate of drug-likeness (QED) is 0.292. The molecule has 0 bridgehead atoms. The van der Waals surface area contributed by atoms with Crippen LogP contribution < -0.4 is 21.9 Å². The van der Waals surface area contributed by atoms with Crippen LogP contribution in [0.3, 0.4) is 0 Å². The molecule has 0 fully saturated rings. The highest BCUT2D eigenvalue weighted by atomic mass is 16.5. The number of nitrogens with two attached hydrogens (primary N) is 1. The van der Waals surface area contributed by atoms with Gasteiger partial charge in [-0.15, -0.1) is 0 Å². The Bertz CT molecular complexity index is 560. The van der Waals surface area contributed by atoms with E-state index in [0.29, 0.717) is 12.2 Å². The smallest absolute Gasteiger partial charge is 0.293 e. The molecule has 5 N–H and O–H groups in total. The molecule has 0 radical (unpaired) electrons. The summed E-state index contributed by atoms with van der Waals surface area (Å²) in [5.74, 6) is 4.66. The lowest BCUT2D eigenvalue weighted by molar-refractivity contribution is -0.129. The number of benzene rings is 1. The molecule has 0 saturated heterocycles. The molecule has 0 heterocycles. The molecule has 2 atom stereocenters. The molecule has 1 aromatic rings. The maximum atomic E-state index is 12.1. The van der Waals surface area contributed by atoms with Crippen LogP contribution in [0.15, 0.2) is 24.3 Å². The number of anilines is 1. The first-order chi connectivity index (χ1) is 11.4. The van der Waals surface area contributed by atoms with Crippen molar-refractivity contribution >= 4 is 24.0 Å². The number of amides is 2. The van der Waals surface area contributed by atoms with E-state index in [1.165, 1.54) is 0 Å². The molecule has 1 aromatic carbocycles. The predicted octanol–water partition coefficient (Wildman–Crippen LogP) is 0.291. The molecular formula is C16H24N4O4. The maximum Gasteiger partial charge on any atom is 0.293 e. The molecule has 0 aliphatic heterocycles. The summed E-state index contributed by atoms with van der Waals surface area (Å²) in [6.45, 7) is 5.84. The van der Waals surface area contributed by atoms with Gasteiger partial charge in [0.15, 0.2) is 0 Å². The Kier molecular flexibility index (Phi) is 7.87. The summed E-state index contributed by atoms with van der Waals surface area (Å²) < 4.78 is 4.64. The lowest BCUT2D eigenvalue weighted by Gasteiger charge is -2.21. The standard InChI is InChI=1S/C16H24N4O4/c1-10(2)14(20-17)16(23)18-11(3)15(22)19-13-6-4-12(5-7-13)8-24-9-21/h4-7,9-11,14,20H,8,17H2,1-3H3,(H,18,23)(H,19,22). The number of rotatable bonds is 9. The number of hydrogen-bond acceptors (Lipinski definition) is 6. The van der Waals surface area contributed by atoms with E-state index < -0.39 is 12.1 Å². The third kappa shape index (κ3) is 5.98. The Hall–Kier alpha value is -2.45. The second-order valence-corrected chi connectivity index (χ2v) is 5.71. The van der Waals surface area contributed by atoms with Crippen molar-refractivity contribution < 1.29 is 19.1 Å². The lowest BCUT2D eigenvalue weighted by atomic mass is 10.0. The Labute approximate surface area is 141 Å². The Morgan fingerprint density at radius 3 is 2.29 bits per heavy atom. The average molecular weight is 336 g/mol. The molecule has 0 aliphatic rings. The third-order valence-corrected chi connectivity index (χ3v) is 3.42. The fraction of sp³-hybridized carbons (Fsp3) is 0.438. The third-order valence-electron chi connectivity index (χ3n) is 3.42. The van der Waals surface area contributed by atoms with Crippen molar-refractivity contribution in [3.8, 4) is 0 Å². The van der Waals surface area contributed by atoms with Gasteiger partial charge in [-0.1, -0.05) is 26.0 Å². The van der Waals surface area contributed by atoms with Gasteiger partial charge in [0.2, 0.25) is 11.8 Å². The summed E-state index contributed by atoms with van der Waals surface area (Å²) in [6, 6.07) is 5.55. The zero-order chi connectivity index (χ0) is 18.1. The molecule has 2 unspecified atom stereocenters. The zero-order valence-corrected chi connectivity index (χ0v) is 14.0. The first kappa shape index (κ1) is 19.6. The molecule has 132 valence electrons. The molecule has 8 nitrogen and oxygen atoms in total.